The maximum atomic E-state index is 12.0. The van der Waals surface area contributed by atoms with Crippen molar-refractivity contribution in [2.24, 2.45) is 4.99 Å². The number of aromatic nitrogens is 1. The number of carbonyl (C=O) groups excluding carboxylic acids is 1. The highest BCUT2D eigenvalue weighted by Crippen LogP contribution is 2.14. The molecule has 0 aliphatic heterocycles. The predicted molar refractivity (Wildman–Crippen MR) is 108 cm³/mol. The van der Waals surface area contributed by atoms with Crippen molar-refractivity contribution < 1.29 is 9.53 Å². The Bertz CT molecular complexity index is 605. The lowest BCUT2D eigenvalue weighted by Crippen LogP contribution is -2.54. The van der Waals surface area contributed by atoms with Crippen molar-refractivity contribution in [3.05, 3.63) is 16.1 Å². The number of thiazole rings is 1. The zero-order chi connectivity index (χ0) is 19.8. The minimum atomic E-state index is -0.519. The van der Waals surface area contributed by atoms with Crippen LogP contribution in [0.4, 0.5) is 4.79 Å². The number of guanidine groups is 1. The summed E-state index contributed by atoms with van der Waals surface area (Å²) in [6.07, 6.45) is 2.47. The first-order valence-corrected chi connectivity index (χ1v) is 9.83. The minimum Gasteiger partial charge on any atom is -0.444 e. The first-order valence-electron chi connectivity index (χ1n) is 9.01. The Morgan fingerprint density at radius 3 is 2.46 bits per heavy atom. The van der Waals surface area contributed by atoms with Gasteiger partial charge < -0.3 is 20.7 Å². The molecule has 0 bridgehead atoms. The monoisotopic (exact) mass is 383 g/mol. The molecule has 148 valence electrons. The third kappa shape index (κ3) is 9.03. The molecule has 0 unspecified atom stereocenters. The van der Waals surface area contributed by atoms with Crippen molar-refractivity contribution >= 4 is 23.4 Å². The molecule has 0 saturated heterocycles. The van der Waals surface area contributed by atoms with Crippen LogP contribution in [0.2, 0.25) is 0 Å². The molecular weight excluding hydrogens is 350 g/mol. The Kier molecular flexibility index (Phi) is 8.33. The quantitative estimate of drug-likeness (QED) is 0.497. The van der Waals surface area contributed by atoms with E-state index >= 15 is 0 Å². The lowest BCUT2D eigenvalue weighted by Gasteiger charge is -2.29. The molecule has 3 N–H and O–H groups in total. The number of aryl methyl sites for hydroxylation is 1. The molecule has 0 aromatic carbocycles. The summed E-state index contributed by atoms with van der Waals surface area (Å²) in [4.78, 5) is 22.2. The average Bonchev–Trinajstić information content (AvgIpc) is 2.95. The number of nitrogens with one attached hydrogen (secondary N) is 3. The maximum Gasteiger partial charge on any atom is 0.408 e. The number of nitrogens with zero attached hydrogens (tertiary/aromatic N) is 2. The van der Waals surface area contributed by atoms with Gasteiger partial charge in [0.05, 0.1) is 12.1 Å². The van der Waals surface area contributed by atoms with Crippen molar-refractivity contribution in [1.29, 1.82) is 0 Å². The van der Waals surface area contributed by atoms with Gasteiger partial charge in [0.15, 0.2) is 5.96 Å². The maximum absolute atomic E-state index is 12.0. The van der Waals surface area contributed by atoms with E-state index in [-0.39, 0.29) is 0 Å². The highest BCUT2D eigenvalue weighted by atomic mass is 32.1. The Morgan fingerprint density at radius 1 is 1.23 bits per heavy atom. The number of hydrogen-bond donors (Lipinski definition) is 3. The van der Waals surface area contributed by atoms with Crippen molar-refractivity contribution in [1.82, 2.24) is 20.9 Å². The zero-order valence-electron chi connectivity index (χ0n) is 17.0. The number of carbonyl (C=O) groups is 1. The fourth-order valence-electron chi connectivity index (χ4n) is 2.00. The molecule has 8 heteroatoms. The van der Waals surface area contributed by atoms with Gasteiger partial charge in [0.1, 0.15) is 10.6 Å². The van der Waals surface area contributed by atoms with Gasteiger partial charge in [0.25, 0.3) is 0 Å². The van der Waals surface area contributed by atoms with Gasteiger partial charge in [-0.1, -0.05) is 6.92 Å². The number of alkyl carbamates (subject to hydrolysis) is 1. The van der Waals surface area contributed by atoms with Crippen LogP contribution in [-0.2, 0) is 17.7 Å². The molecule has 0 radical (unpaired) electrons. The molecule has 1 heterocycles. The minimum absolute atomic E-state index is 0.430. The van der Waals surface area contributed by atoms with Gasteiger partial charge in [-0.15, -0.1) is 11.3 Å². The third-order valence-electron chi connectivity index (χ3n) is 3.20. The predicted octanol–water partition coefficient (Wildman–Crippen LogP) is 3.06. The van der Waals surface area contributed by atoms with E-state index in [1.54, 1.807) is 11.3 Å². The Hall–Kier alpha value is -1.83. The summed E-state index contributed by atoms with van der Waals surface area (Å²) in [5, 5.41) is 10.3. The number of amides is 1. The molecule has 1 amide bonds. The van der Waals surface area contributed by atoms with Crippen molar-refractivity contribution in [2.75, 3.05) is 13.1 Å². The normalized spacial score (nSPS) is 12.7. The lowest BCUT2D eigenvalue weighted by atomic mass is 10.1. The average molecular weight is 384 g/mol. The van der Waals surface area contributed by atoms with Crippen LogP contribution in [0, 0.1) is 0 Å². The molecule has 1 aromatic rings. The van der Waals surface area contributed by atoms with E-state index in [2.05, 4.69) is 32.9 Å². The van der Waals surface area contributed by atoms with Crippen LogP contribution < -0.4 is 16.0 Å². The molecule has 7 nitrogen and oxygen atoms in total. The van der Waals surface area contributed by atoms with E-state index in [1.165, 1.54) is 4.88 Å². The molecule has 1 aromatic heterocycles. The molecule has 0 aliphatic rings. The van der Waals surface area contributed by atoms with Gasteiger partial charge in [0.2, 0.25) is 0 Å². The summed E-state index contributed by atoms with van der Waals surface area (Å²) < 4.78 is 5.32. The molecule has 26 heavy (non-hydrogen) atoms. The van der Waals surface area contributed by atoms with Crippen LogP contribution in [-0.4, -0.2) is 41.3 Å². The van der Waals surface area contributed by atoms with Gasteiger partial charge in [-0.25, -0.2) is 14.8 Å². The molecule has 0 aliphatic carbocycles. The van der Waals surface area contributed by atoms with E-state index in [4.69, 9.17) is 4.74 Å². The number of hydrogen-bond acceptors (Lipinski definition) is 5. The summed E-state index contributed by atoms with van der Waals surface area (Å²) in [6, 6.07) is 0. The van der Waals surface area contributed by atoms with E-state index in [0.717, 1.165) is 18.0 Å². The first kappa shape index (κ1) is 22.2. The third-order valence-corrected chi connectivity index (χ3v) is 4.33. The largest absolute Gasteiger partial charge is 0.444 e. The second-order valence-electron chi connectivity index (χ2n) is 7.63. The van der Waals surface area contributed by atoms with Crippen LogP contribution in [0.1, 0.15) is 58.4 Å². The van der Waals surface area contributed by atoms with Crippen LogP contribution in [0.3, 0.4) is 0 Å². The molecular formula is C18H33N5O2S. The Labute approximate surface area is 161 Å². The molecule has 0 spiro atoms. The molecule has 0 fully saturated rings. The van der Waals surface area contributed by atoms with Crippen molar-refractivity contribution in [3.63, 3.8) is 0 Å². The summed E-state index contributed by atoms with van der Waals surface area (Å²) in [5.41, 5.74) is -1.01. The Morgan fingerprint density at radius 2 is 1.92 bits per heavy atom. The summed E-state index contributed by atoms with van der Waals surface area (Å²) in [5.74, 6) is 0.694. The highest BCUT2D eigenvalue weighted by molar-refractivity contribution is 7.11. The molecule has 1 rings (SSSR count). The first-order chi connectivity index (χ1) is 12.0. The number of rotatable bonds is 7. The van der Waals surface area contributed by atoms with Gasteiger partial charge in [-0.05, 0) is 48.0 Å². The Balaban J connectivity index is 2.59. The van der Waals surface area contributed by atoms with E-state index < -0.39 is 17.2 Å². The molecule has 0 atom stereocenters. The van der Waals surface area contributed by atoms with E-state index in [1.807, 2.05) is 47.7 Å². The molecule has 0 saturated carbocycles. The van der Waals surface area contributed by atoms with Gasteiger partial charge in [0, 0.05) is 24.2 Å². The smallest absolute Gasteiger partial charge is 0.408 e. The van der Waals surface area contributed by atoms with Gasteiger partial charge in [-0.3, -0.25) is 0 Å². The van der Waals surface area contributed by atoms with Crippen LogP contribution in [0.5, 0.6) is 0 Å². The van der Waals surface area contributed by atoms with Gasteiger partial charge >= 0.3 is 6.09 Å². The van der Waals surface area contributed by atoms with Gasteiger partial charge in [-0.2, -0.15) is 0 Å². The zero-order valence-corrected chi connectivity index (χ0v) is 17.8. The second-order valence-corrected chi connectivity index (χ2v) is 8.83. The van der Waals surface area contributed by atoms with Crippen molar-refractivity contribution in [3.8, 4) is 0 Å². The number of ether oxygens (including phenoxy) is 1. The van der Waals surface area contributed by atoms with Crippen molar-refractivity contribution in [2.45, 2.75) is 72.6 Å². The van der Waals surface area contributed by atoms with Crippen LogP contribution in [0.25, 0.3) is 0 Å². The SMILES string of the molecule is CCNC(=NCc1ncc(CC)s1)NCC(C)(C)NC(=O)OC(C)(C)C. The topological polar surface area (TPSA) is 87.6 Å². The standard InChI is InChI=1S/C18H33N5O2S/c1-8-13-10-20-14(26-13)11-21-15(19-9-2)22-12-18(6,7)23-16(24)25-17(3,4)5/h10H,8-9,11-12H2,1-7H3,(H,23,24)(H2,19,21,22). The van der Waals surface area contributed by atoms with E-state index in [9.17, 15) is 4.79 Å². The van der Waals surface area contributed by atoms with Crippen LogP contribution in [0.15, 0.2) is 11.2 Å². The summed E-state index contributed by atoms with van der Waals surface area (Å²) in [7, 11) is 0. The van der Waals surface area contributed by atoms with Crippen LogP contribution >= 0.6 is 11.3 Å². The summed E-state index contributed by atoms with van der Waals surface area (Å²) in [6.45, 7) is 15.3. The summed E-state index contributed by atoms with van der Waals surface area (Å²) >= 11 is 1.68. The number of aliphatic imine (C=N–C) groups is 1. The van der Waals surface area contributed by atoms with E-state index in [0.29, 0.717) is 19.0 Å². The lowest BCUT2D eigenvalue weighted by molar-refractivity contribution is 0.0474. The second kappa shape index (κ2) is 9.75. The fourth-order valence-corrected chi connectivity index (χ4v) is 2.79. The fraction of sp³-hybridized carbons (Fsp3) is 0.722. The highest BCUT2D eigenvalue weighted by Gasteiger charge is 2.24.